The zero-order valence-corrected chi connectivity index (χ0v) is 15.2. The minimum absolute atomic E-state index is 0.0419. The van der Waals surface area contributed by atoms with E-state index in [0.29, 0.717) is 24.2 Å². The van der Waals surface area contributed by atoms with Gasteiger partial charge in [-0.15, -0.1) is 0 Å². The highest BCUT2D eigenvalue weighted by Crippen LogP contribution is 2.13. The van der Waals surface area contributed by atoms with E-state index in [4.69, 9.17) is 0 Å². The number of allylic oxidation sites excluding steroid dienone is 10. The van der Waals surface area contributed by atoms with Crippen LogP contribution >= 0.6 is 11.8 Å². The maximum Gasteiger partial charge on any atom is 0.215 e. The third kappa shape index (κ3) is 11.5. The number of hydrogen-bond acceptors (Lipinski definition) is 3. The second-order valence-corrected chi connectivity index (χ2v) is 6.06. The molecule has 0 bridgehead atoms. The molecule has 4 heteroatoms. The van der Waals surface area contributed by atoms with Gasteiger partial charge in [0.05, 0.1) is 0 Å². The summed E-state index contributed by atoms with van der Waals surface area (Å²) in [6, 6.07) is 0. The van der Waals surface area contributed by atoms with Gasteiger partial charge in [-0.2, -0.15) is 0 Å². The molecule has 0 amide bonds. The molecule has 0 rings (SSSR count). The van der Waals surface area contributed by atoms with Crippen LogP contribution in [0, 0.1) is 0 Å². The van der Waals surface area contributed by atoms with Crippen LogP contribution in [0.1, 0.15) is 13.3 Å². The average Bonchev–Trinajstić information content (AvgIpc) is 2.57. The van der Waals surface area contributed by atoms with Gasteiger partial charge in [-0.05, 0) is 12.5 Å². The molecule has 0 aliphatic carbocycles. The van der Waals surface area contributed by atoms with E-state index in [1.807, 2.05) is 0 Å². The summed E-state index contributed by atoms with van der Waals surface area (Å²) in [5.41, 5.74) is 1.25. The lowest BCUT2D eigenvalue weighted by Gasteiger charge is -2.01. The Morgan fingerprint density at radius 2 is 1.71 bits per heavy atom. The van der Waals surface area contributed by atoms with Crippen molar-refractivity contribution in [1.82, 2.24) is 0 Å². The summed E-state index contributed by atoms with van der Waals surface area (Å²) in [5.74, 6) is 0.715. The van der Waals surface area contributed by atoms with Crippen LogP contribution in [0.15, 0.2) is 85.6 Å². The predicted octanol–water partition coefficient (Wildman–Crippen LogP) is 4.56. The molecule has 2 nitrogen and oxygen atoms in total. The Kier molecular flexibility index (Phi) is 13.3. The van der Waals surface area contributed by atoms with Crippen molar-refractivity contribution in [3.8, 4) is 0 Å². The standard InChI is InChI=1S/C20H25BO2S/c1-5-7-9-11-13-17(3)19(22)21-15-12-16-24-20(23)18(4)14-10-8-6-2/h5-11,13-14,21H,1-3,12,15-16H2,4H3/b9-7-,10-8-,13-11-,18-14+. The van der Waals surface area contributed by atoms with Crippen molar-refractivity contribution in [2.75, 3.05) is 5.75 Å². The van der Waals surface area contributed by atoms with Gasteiger partial charge in [-0.1, -0.05) is 98.9 Å². The molecule has 0 N–H and O–H groups in total. The van der Waals surface area contributed by atoms with E-state index in [-0.39, 0.29) is 10.8 Å². The molecular weight excluding hydrogens is 315 g/mol. The Hall–Kier alpha value is -2.07. The fraction of sp³-hybridized carbons (Fsp3) is 0.200. The van der Waals surface area contributed by atoms with Crippen molar-refractivity contribution < 1.29 is 9.59 Å². The summed E-state index contributed by atoms with van der Waals surface area (Å²) in [7, 11) is 0.458. The first-order valence-corrected chi connectivity index (χ1v) is 8.82. The Labute approximate surface area is 150 Å². The molecule has 0 saturated heterocycles. The predicted molar refractivity (Wildman–Crippen MR) is 110 cm³/mol. The Bertz CT molecular complexity index is 580. The Balaban J connectivity index is 3.99. The summed E-state index contributed by atoms with van der Waals surface area (Å²) < 4.78 is 0. The first-order valence-electron chi connectivity index (χ1n) is 7.84. The van der Waals surface area contributed by atoms with Gasteiger partial charge in [0.1, 0.15) is 5.68 Å². The van der Waals surface area contributed by atoms with Crippen molar-refractivity contribution in [3.63, 3.8) is 0 Å². The van der Waals surface area contributed by atoms with E-state index in [0.717, 1.165) is 12.7 Å². The number of thioether (sulfide) groups is 1. The van der Waals surface area contributed by atoms with E-state index in [1.54, 1.807) is 61.6 Å². The zero-order valence-electron chi connectivity index (χ0n) is 14.4. The zero-order chi connectivity index (χ0) is 18.2. The average molecular weight is 340 g/mol. The highest BCUT2D eigenvalue weighted by molar-refractivity contribution is 8.14. The molecule has 0 fully saturated rings. The van der Waals surface area contributed by atoms with Gasteiger partial charge >= 0.3 is 0 Å². The van der Waals surface area contributed by atoms with Gasteiger partial charge in [-0.3, -0.25) is 4.79 Å². The minimum atomic E-state index is 0.0419. The summed E-state index contributed by atoms with van der Waals surface area (Å²) >= 11 is 1.29. The largest absolute Gasteiger partial charge is 0.306 e. The first-order chi connectivity index (χ1) is 11.5. The molecular formula is C20H25BO2S. The van der Waals surface area contributed by atoms with E-state index in [9.17, 15) is 9.59 Å². The smallest absolute Gasteiger partial charge is 0.215 e. The van der Waals surface area contributed by atoms with Crippen molar-refractivity contribution >= 4 is 29.8 Å². The fourth-order valence-electron chi connectivity index (χ4n) is 1.58. The van der Waals surface area contributed by atoms with Gasteiger partial charge in [0.25, 0.3) is 0 Å². The fourth-order valence-corrected chi connectivity index (χ4v) is 2.41. The molecule has 0 aromatic rings. The van der Waals surface area contributed by atoms with Gasteiger partial charge < -0.3 is 4.79 Å². The van der Waals surface area contributed by atoms with E-state index < -0.39 is 0 Å². The third-order valence-corrected chi connectivity index (χ3v) is 4.04. The minimum Gasteiger partial charge on any atom is -0.306 e. The second-order valence-electron chi connectivity index (χ2n) is 4.99. The van der Waals surface area contributed by atoms with Crippen LogP contribution in [0.5, 0.6) is 0 Å². The van der Waals surface area contributed by atoms with Crippen LogP contribution in [0.2, 0.25) is 6.32 Å². The quantitative estimate of drug-likeness (QED) is 0.226. The maximum atomic E-state index is 11.9. The normalized spacial score (nSPS) is 12.0. The van der Waals surface area contributed by atoms with Gasteiger partial charge in [0.2, 0.25) is 12.4 Å². The first kappa shape index (κ1) is 21.9. The van der Waals surface area contributed by atoms with Crippen molar-refractivity contribution in [1.29, 1.82) is 0 Å². The Morgan fingerprint density at radius 1 is 1.04 bits per heavy atom. The SMILES string of the molecule is C=C/C=C\C=C/C(=C)C(=O)BCCCSC(=O)/C(C)=C/C=C\C=C. The van der Waals surface area contributed by atoms with Crippen LogP contribution in [-0.4, -0.2) is 23.8 Å². The van der Waals surface area contributed by atoms with E-state index >= 15 is 0 Å². The molecule has 126 valence electrons. The van der Waals surface area contributed by atoms with Crippen LogP contribution in [-0.2, 0) is 9.59 Å². The molecule has 0 saturated carbocycles. The molecule has 0 radical (unpaired) electrons. The molecule has 0 atom stereocenters. The van der Waals surface area contributed by atoms with Crippen LogP contribution in [0.25, 0.3) is 0 Å². The number of carbonyl (C=O) groups is 2. The molecule has 0 unspecified atom stereocenters. The summed E-state index contributed by atoms with van der Waals surface area (Å²) in [4.78, 5) is 23.7. The van der Waals surface area contributed by atoms with Crippen LogP contribution in [0.4, 0.5) is 0 Å². The van der Waals surface area contributed by atoms with Gasteiger partial charge in [-0.25, -0.2) is 0 Å². The van der Waals surface area contributed by atoms with Crippen molar-refractivity contribution in [3.05, 3.63) is 85.6 Å². The lowest BCUT2D eigenvalue weighted by molar-refractivity contribution is -0.109. The van der Waals surface area contributed by atoms with Crippen LogP contribution < -0.4 is 0 Å². The lowest BCUT2D eigenvalue weighted by Crippen LogP contribution is -2.10. The Morgan fingerprint density at radius 3 is 2.38 bits per heavy atom. The number of carbonyl (C=O) groups excluding carboxylic acids is 2. The highest BCUT2D eigenvalue weighted by atomic mass is 32.2. The van der Waals surface area contributed by atoms with Crippen LogP contribution in [0.3, 0.4) is 0 Å². The highest BCUT2D eigenvalue weighted by Gasteiger charge is 2.07. The van der Waals surface area contributed by atoms with Gasteiger partial charge in [0.15, 0.2) is 0 Å². The molecule has 0 spiro atoms. The molecule has 0 heterocycles. The maximum absolute atomic E-state index is 11.9. The molecule has 0 aromatic heterocycles. The topological polar surface area (TPSA) is 34.1 Å². The van der Waals surface area contributed by atoms with Crippen molar-refractivity contribution in [2.45, 2.75) is 19.7 Å². The monoisotopic (exact) mass is 340 g/mol. The molecule has 24 heavy (non-hydrogen) atoms. The molecule has 0 aromatic carbocycles. The van der Waals surface area contributed by atoms with E-state index in [1.165, 1.54) is 11.8 Å². The van der Waals surface area contributed by atoms with Crippen molar-refractivity contribution in [2.24, 2.45) is 0 Å². The van der Waals surface area contributed by atoms with E-state index in [2.05, 4.69) is 19.7 Å². The summed E-state index contributed by atoms with van der Waals surface area (Å²) in [5, 5.41) is 0.0661. The summed E-state index contributed by atoms with van der Waals surface area (Å²) in [6.07, 6.45) is 17.3. The number of hydrogen-bond donors (Lipinski definition) is 0. The molecule has 0 aliphatic rings. The lowest BCUT2D eigenvalue weighted by atomic mass is 9.66. The van der Waals surface area contributed by atoms with Gasteiger partial charge in [0, 0.05) is 11.3 Å². The molecule has 0 aliphatic heterocycles. The number of rotatable bonds is 12. The summed E-state index contributed by atoms with van der Waals surface area (Å²) in [6.45, 7) is 12.7. The third-order valence-electron chi connectivity index (χ3n) is 2.96. The second kappa shape index (κ2) is 14.5.